The Bertz CT molecular complexity index is 1340. The number of fused-ring (bicyclic) bond motifs is 2. The third kappa shape index (κ3) is 4.47. The number of amides is 1. The first-order chi connectivity index (χ1) is 16.4. The molecule has 1 aliphatic rings. The standard InChI is InChI=1S/C24H26ClN5O3S/c1-14(31)23(32)29-8-3-15(4-9-29)5-10-30-18-2-7-27-22(26)21(18)28-24(30)34-20-13-19-16(6-11-33-19)12-17(20)25/h2,6-7,11-15,31H,3-5,8-10H2,1H3,(H2,26,27)/t14-/m0/s1. The maximum absolute atomic E-state index is 12.1. The molecule has 3 N–H and O–H groups in total. The van der Waals surface area contributed by atoms with Gasteiger partial charge in [-0.05, 0) is 68.1 Å². The minimum atomic E-state index is -0.945. The molecule has 34 heavy (non-hydrogen) atoms. The number of anilines is 1. The Morgan fingerprint density at radius 1 is 1.35 bits per heavy atom. The van der Waals surface area contributed by atoms with Crippen molar-refractivity contribution in [1.82, 2.24) is 19.4 Å². The molecule has 0 radical (unpaired) electrons. The largest absolute Gasteiger partial charge is 0.464 e. The van der Waals surface area contributed by atoms with E-state index in [-0.39, 0.29) is 5.91 Å². The maximum Gasteiger partial charge on any atom is 0.251 e. The minimum Gasteiger partial charge on any atom is -0.464 e. The summed E-state index contributed by atoms with van der Waals surface area (Å²) in [6.45, 7) is 3.64. The summed E-state index contributed by atoms with van der Waals surface area (Å²) in [4.78, 5) is 23.7. The van der Waals surface area contributed by atoms with Crippen LogP contribution in [0.4, 0.5) is 5.82 Å². The summed E-state index contributed by atoms with van der Waals surface area (Å²) in [7, 11) is 0. The second-order valence-corrected chi connectivity index (χ2v) is 10.1. The van der Waals surface area contributed by atoms with Gasteiger partial charge < -0.3 is 24.7 Å². The van der Waals surface area contributed by atoms with Gasteiger partial charge in [-0.2, -0.15) is 0 Å². The molecule has 8 nitrogen and oxygen atoms in total. The Labute approximate surface area is 206 Å². The van der Waals surface area contributed by atoms with E-state index in [1.165, 1.54) is 18.7 Å². The Balaban J connectivity index is 1.37. The van der Waals surface area contributed by atoms with Crippen molar-refractivity contribution in [3.8, 4) is 0 Å². The van der Waals surface area contributed by atoms with E-state index < -0.39 is 6.10 Å². The van der Waals surface area contributed by atoms with Crippen molar-refractivity contribution < 1.29 is 14.3 Å². The van der Waals surface area contributed by atoms with E-state index in [1.54, 1.807) is 17.4 Å². The van der Waals surface area contributed by atoms with Gasteiger partial charge >= 0.3 is 0 Å². The number of piperidine rings is 1. The minimum absolute atomic E-state index is 0.189. The highest BCUT2D eigenvalue weighted by molar-refractivity contribution is 7.99. The Kier molecular flexibility index (Phi) is 6.42. The lowest BCUT2D eigenvalue weighted by atomic mass is 9.93. The molecule has 10 heteroatoms. The molecule has 4 heterocycles. The van der Waals surface area contributed by atoms with Gasteiger partial charge in [0.2, 0.25) is 0 Å². The number of furan rings is 1. The number of hydrogen-bond donors (Lipinski definition) is 2. The second-order valence-electron chi connectivity index (χ2n) is 8.69. The molecule has 3 aromatic heterocycles. The summed E-state index contributed by atoms with van der Waals surface area (Å²) in [5.74, 6) is 0.692. The summed E-state index contributed by atoms with van der Waals surface area (Å²) in [5, 5.41) is 12.0. The summed E-state index contributed by atoms with van der Waals surface area (Å²) >= 11 is 8.05. The van der Waals surface area contributed by atoms with Crippen LogP contribution in [0.2, 0.25) is 5.02 Å². The van der Waals surface area contributed by atoms with Crippen molar-refractivity contribution in [3.05, 3.63) is 41.7 Å². The monoisotopic (exact) mass is 499 g/mol. The van der Waals surface area contributed by atoms with Crippen LogP contribution >= 0.6 is 23.4 Å². The highest BCUT2D eigenvalue weighted by Gasteiger charge is 2.25. The first kappa shape index (κ1) is 23.0. The lowest BCUT2D eigenvalue weighted by Crippen LogP contribution is -2.43. The third-order valence-electron chi connectivity index (χ3n) is 6.41. The van der Waals surface area contributed by atoms with Crippen LogP contribution < -0.4 is 5.73 Å². The first-order valence-corrected chi connectivity index (χ1v) is 12.5. The number of benzene rings is 1. The van der Waals surface area contributed by atoms with E-state index in [0.29, 0.717) is 35.4 Å². The number of likely N-dealkylation sites (tertiary alicyclic amines) is 1. The van der Waals surface area contributed by atoms with E-state index >= 15 is 0 Å². The number of carbonyl (C=O) groups is 1. The molecule has 0 saturated carbocycles. The molecule has 1 aliphatic heterocycles. The van der Waals surface area contributed by atoms with Crippen molar-refractivity contribution in [2.75, 3.05) is 18.8 Å². The number of hydrogen-bond acceptors (Lipinski definition) is 7. The zero-order valence-electron chi connectivity index (χ0n) is 18.8. The number of aliphatic hydroxyl groups excluding tert-OH is 1. The molecule has 0 bridgehead atoms. The van der Waals surface area contributed by atoms with Crippen molar-refractivity contribution in [3.63, 3.8) is 0 Å². The number of halogens is 1. The van der Waals surface area contributed by atoms with Gasteiger partial charge in [0.1, 0.15) is 17.2 Å². The van der Waals surface area contributed by atoms with Crippen LogP contribution in [-0.2, 0) is 11.3 Å². The van der Waals surface area contributed by atoms with Crippen molar-refractivity contribution >= 4 is 57.1 Å². The number of aliphatic hydroxyl groups is 1. The number of pyridine rings is 1. The van der Waals surface area contributed by atoms with E-state index in [0.717, 1.165) is 52.3 Å². The summed E-state index contributed by atoms with van der Waals surface area (Å²) in [5.41, 5.74) is 8.52. The fourth-order valence-corrected chi connectivity index (χ4v) is 5.75. The molecular weight excluding hydrogens is 474 g/mol. The molecule has 1 atom stereocenters. The Hall–Kier alpha value is -2.75. The number of aryl methyl sites for hydroxylation is 1. The van der Waals surface area contributed by atoms with Crippen LogP contribution in [0.15, 0.2) is 51.2 Å². The van der Waals surface area contributed by atoms with E-state index in [9.17, 15) is 9.90 Å². The Morgan fingerprint density at radius 2 is 2.15 bits per heavy atom. The molecule has 1 saturated heterocycles. The van der Waals surface area contributed by atoms with Gasteiger partial charge in [0, 0.05) is 36.1 Å². The molecule has 1 aromatic carbocycles. The molecule has 5 rings (SSSR count). The van der Waals surface area contributed by atoms with Crippen molar-refractivity contribution in [1.29, 1.82) is 0 Å². The van der Waals surface area contributed by atoms with Gasteiger partial charge in [-0.1, -0.05) is 11.6 Å². The number of nitrogens with zero attached hydrogens (tertiary/aromatic N) is 4. The number of aromatic nitrogens is 3. The van der Waals surface area contributed by atoms with Crippen LogP contribution in [-0.4, -0.2) is 49.6 Å². The van der Waals surface area contributed by atoms with Gasteiger partial charge in [0.25, 0.3) is 5.91 Å². The lowest BCUT2D eigenvalue weighted by molar-refractivity contribution is -0.140. The van der Waals surface area contributed by atoms with Crippen LogP contribution in [0.5, 0.6) is 0 Å². The van der Waals surface area contributed by atoms with Crippen molar-refractivity contribution in [2.45, 2.75) is 48.9 Å². The summed E-state index contributed by atoms with van der Waals surface area (Å²) in [6, 6.07) is 7.65. The summed E-state index contributed by atoms with van der Waals surface area (Å²) < 4.78 is 7.73. The first-order valence-electron chi connectivity index (χ1n) is 11.3. The molecular formula is C24H26ClN5O3S. The zero-order valence-corrected chi connectivity index (χ0v) is 20.3. The zero-order chi connectivity index (χ0) is 23.8. The fourth-order valence-electron chi connectivity index (χ4n) is 4.50. The predicted molar refractivity (Wildman–Crippen MR) is 133 cm³/mol. The van der Waals surface area contributed by atoms with Crippen LogP contribution in [0.1, 0.15) is 26.2 Å². The molecule has 0 spiro atoms. The van der Waals surface area contributed by atoms with Crippen LogP contribution in [0.3, 0.4) is 0 Å². The van der Waals surface area contributed by atoms with E-state index in [2.05, 4.69) is 9.55 Å². The molecule has 1 fully saturated rings. The third-order valence-corrected chi connectivity index (χ3v) is 7.89. The number of rotatable bonds is 6. The molecule has 1 amide bonds. The summed E-state index contributed by atoms with van der Waals surface area (Å²) in [6.07, 6.45) is 5.18. The van der Waals surface area contributed by atoms with Gasteiger partial charge in [-0.3, -0.25) is 4.79 Å². The number of imidazole rings is 1. The fraction of sp³-hybridized carbons (Fsp3) is 0.375. The van der Waals surface area contributed by atoms with Gasteiger partial charge in [0.15, 0.2) is 11.0 Å². The van der Waals surface area contributed by atoms with Crippen LogP contribution in [0.25, 0.3) is 22.0 Å². The van der Waals surface area contributed by atoms with Gasteiger partial charge in [-0.15, -0.1) is 0 Å². The van der Waals surface area contributed by atoms with Gasteiger partial charge in [0.05, 0.1) is 16.8 Å². The van der Waals surface area contributed by atoms with Crippen LogP contribution in [0, 0.1) is 5.92 Å². The number of nitrogen functional groups attached to an aromatic ring is 1. The highest BCUT2D eigenvalue weighted by atomic mass is 35.5. The lowest BCUT2D eigenvalue weighted by Gasteiger charge is -2.32. The SMILES string of the molecule is C[C@H](O)C(=O)N1CCC(CCn2c(Sc3cc4occc4cc3Cl)nc3c(N)nccc32)CC1. The normalized spacial score (nSPS) is 15.9. The quantitative estimate of drug-likeness (QED) is 0.399. The smallest absolute Gasteiger partial charge is 0.251 e. The maximum atomic E-state index is 12.1. The highest BCUT2D eigenvalue weighted by Crippen LogP contribution is 2.38. The number of nitrogens with two attached hydrogens (primary N) is 1. The van der Waals surface area contributed by atoms with E-state index in [1.807, 2.05) is 24.3 Å². The van der Waals surface area contributed by atoms with E-state index in [4.69, 9.17) is 26.7 Å². The molecule has 0 unspecified atom stereocenters. The predicted octanol–water partition coefficient (Wildman–Crippen LogP) is 4.57. The Morgan fingerprint density at radius 3 is 2.91 bits per heavy atom. The molecule has 0 aliphatic carbocycles. The average Bonchev–Trinajstić information content (AvgIpc) is 3.42. The topological polar surface area (TPSA) is 110 Å². The van der Waals surface area contributed by atoms with Gasteiger partial charge in [-0.25, -0.2) is 9.97 Å². The second kappa shape index (κ2) is 9.48. The molecule has 178 valence electrons. The number of carbonyl (C=O) groups excluding carboxylic acids is 1. The average molecular weight is 500 g/mol. The van der Waals surface area contributed by atoms with Crippen molar-refractivity contribution in [2.24, 2.45) is 5.92 Å². The molecule has 4 aromatic rings.